The first-order valence-corrected chi connectivity index (χ1v) is 9.49. The first-order chi connectivity index (χ1) is 13.4. The number of nitrogens with zero attached hydrogens (tertiary/aromatic N) is 4. The Hall–Kier alpha value is -3.16. The van der Waals surface area contributed by atoms with Crippen molar-refractivity contribution in [2.45, 2.75) is 40.2 Å². The number of imidazole rings is 1. The minimum absolute atomic E-state index is 0.280. The summed E-state index contributed by atoms with van der Waals surface area (Å²) in [7, 11) is 1.59. The molecule has 0 aliphatic heterocycles. The van der Waals surface area contributed by atoms with E-state index in [0.717, 1.165) is 24.1 Å². The maximum absolute atomic E-state index is 12.4. The van der Waals surface area contributed by atoms with E-state index in [4.69, 9.17) is 0 Å². The number of hydrogen-bond donors (Lipinski definition) is 2. The van der Waals surface area contributed by atoms with Crippen LogP contribution in [-0.4, -0.2) is 24.8 Å². The van der Waals surface area contributed by atoms with Crippen molar-refractivity contribution >= 4 is 22.8 Å². The van der Waals surface area contributed by atoms with Crippen LogP contribution in [0.3, 0.4) is 0 Å². The molecule has 0 aliphatic rings. The minimum Gasteiger partial charge on any atom is -0.303 e. The van der Waals surface area contributed by atoms with Gasteiger partial charge in [0.1, 0.15) is 0 Å². The maximum atomic E-state index is 12.4. The fourth-order valence-corrected chi connectivity index (χ4v) is 3.11. The van der Waals surface area contributed by atoms with E-state index in [1.807, 2.05) is 30.3 Å². The van der Waals surface area contributed by atoms with Crippen molar-refractivity contribution in [1.82, 2.24) is 19.1 Å². The summed E-state index contributed by atoms with van der Waals surface area (Å²) in [5.74, 6) is 0.725. The number of aromatic nitrogens is 4. The van der Waals surface area contributed by atoms with Gasteiger partial charge < -0.3 is 4.57 Å². The Morgan fingerprint density at radius 3 is 2.61 bits per heavy atom. The zero-order valence-electron chi connectivity index (χ0n) is 16.7. The van der Waals surface area contributed by atoms with Crippen molar-refractivity contribution in [1.29, 1.82) is 0 Å². The summed E-state index contributed by atoms with van der Waals surface area (Å²) in [6, 6.07) is 9.95. The molecule has 2 heterocycles. The Morgan fingerprint density at radius 1 is 1.25 bits per heavy atom. The van der Waals surface area contributed by atoms with Gasteiger partial charge in [0.15, 0.2) is 11.2 Å². The van der Waals surface area contributed by atoms with Crippen LogP contribution in [-0.2, 0) is 13.6 Å². The molecule has 8 nitrogen and oxygen atoms in total. The van der Waals surface area contributed by atoms with Gasteiger partial charge in [0, 0.05) is 13.6 Å². The molecule has 0 atom stereocenters. The van der Waals surface area contributed by atoms with Crippen molar-refractivity contribution in [3.8, 4) is 0 Å². The van der Waals surface area contributed by atoms with Crippen LogP contribution in [0.1, 0.15) is 39.2 Å². The quantitative estimate of drug-likeness (QED) is 0.485. The van der Waals surface area contributed by atoms with Crippen molar-refractivity contribution in [2.24, 2.45) is 18.1 Å². The van der Waals surface area contributed by atoms with Crippen LogP contribution in [0.4, 0.5) is 5.95 Å². The van der Waals surface area contributed by atoms with Crippen LogP contribution in [0.5, 0.6) is 0 Å². The third kappa shape index (κ3) is 3.90. The van der Waals surface area contributed by atoms with Crippen molar-refractivity contribution in [3.05, 3.63) is 56.7 Å². The smallest absolute Gasteiger partial charge is 0.303 e. The summed E-state index contributed by atoms with van der Waals surface area (Å²) in [5, 5.41) is 4.58. The van der Waals surface area contributed by atoms with Gasteiger partial charge in [0.05, 0.1) is 5.71 Å². The standard InChI is InChI=1S/C20H26N6O2/c1-5-9-15(14-10-7-6-8-11-14)23-24-19-21-17-16(26(19)12-13(2)3)18(27)22-20(28)25(17)4/h6-8,10-11,13H,5,9,12H2,1-4H3,(H,21,24)(H,22,27,28). The van der Waals surface area contributed by atoms with Gasteiger partial charge >= 0.3 is 5.69 Å². The second-order valence-corrected chi connectivity index (χ2v) is 7.22. The zero-order valence-corrected chi connectivity index (χ0v) is 16.7. The van der Waals surface area contributed by atoms with Crippen LogP contribution in [0.15, 0.2) is 45.0 Å². The largest absolute Gasteiger partial charge is 0.329 e. The maximum Gasteiger partial charge on any atom is 0.329 e. The second-order valence-electron chi connectivity index (χ2n) is 7.22. The molecule has 28 heavy (non-hydrogen) atoms. The number of anilines is 1. The summed E-state index contributed by atoms with van der Waals surface area (Å²) < 4.78 is 3.13. The highest BCUT2D eigenvalue weighted by Gasteiger charge is 2.18. The van der Waals surface area contributed by atoms with Gasteiger partial charge in [-0.1, -0.05) is 57.5 Å². The van der Waals surface area contributed by atoms with Gasteiger partial charge in [-0.25, -0.2) is 10.2 Å². The number of hydrazone groups is 1. The topological polar surface area (TPSA) is 97.1 Å². The molecular formula is C20H26N6O2. The average molecular weight is 382 g/mol. The lowest BCUT2D eigenvalue weighted by Gasteiger charge is -2.11. The number of H-pyrrole nitrogens is 1. The lowest BCUT2D eigenvalue weighted by Crippen LogP contribution is -2.29. The summed E-state index contributed by atoms with van der Waals surface area (Å²) in [6.07, 6.45) is 1.76. The van der Waals surface area contributed by atoms with Crippen molar-refractivity contribution < 1.29 is 0 Å². The predicted octanol–water partition coefficient (Wildman–Crippen LogP) is 2.70. The molecule has 148 valence electrons. The number of aromatic amines is 1. The molecule has 2 aromatic heterocycles. The number of rotatable bonds is 7. The molecule has 0 fully saturated rings. The van der Waals surface area contributed by atoms with Crippen LogP contribution in [0.25, 0.3) is 11.2 Å². The Bertz CT molecular complexity index is 1110. The summed E-state index contributed by atoms with van der Waals surface area (Å²) in [4.78, 5) is 31.2. The van der Waals surface area contributed by atoms with Gasteiger partial charge in [-0.05, 0) is 17.9 Å². The highest BCUT2D eigenvalue weighted by molar-refractivity contribution is 6.00. The molecule has 0 saturated heterocycles. The van der Waals surface area contributed by atoms with E-state index in [-0.39, 0.29) is 5.92 Å². The lowest BCUT2D eigenvalue weighted by molar-refractivity contribution is 0.535. The molecule has 3 aromatic rings. The minimum atomic E-state index is -0.488. The van der Waals surface area contributed by atoms with Gasteiger partial charge in [0.25, 0.3) is 5.56 Å². The molecule has 0 amide bonds. The molecule has 0 saturated carbocycles. The molecule has 3 rings (SSSR count). The van der Waals surface area contributed by atoms with Gasteiger partial charge in [-0.15, -0.1) is 0 Å². The van der Waals surface area contributed by atoms with Crippen molar-refractivity contribution in [3.63, 3.8) is 0 Å². The molecule has 0 bridgehead atoms. The molecule has 2 N–H and O–H groups in total. The molecule has 0 spiro atoms. The van der Waals surface area contributed by atoms with E-state index in [1.54, 1.807) is 11.6 Å². The SMILES string of the molecule is CCCC(=NNc1nc2c(c(=O)[nH]c(=O)n2C)n1CC(C)C)c1ccccc1. The third-order valence-corrected chi connectivity index (χ3v) is 4.44. The number of aryl methyl sites for hydroxylation is 1. The molecule has 0 aliphatic carbocycles. The van der Waals surface area contributed by atoms with Crippen molar-refractivity contribution in [2.75, 3.05) is 5.43 Å². The molecule has 1 aromatic carbocycles. The van der Waals surface area contributed by atoms with E-state index in [1.165, 1.54) is 4.57 Å². The van der Waals surface area contributed by atoms with Gasteiger partial charge in [-0.3, -0.25) is 14.3 Å². The Balaban J connectivity index is 2.11. The normalized spacial score (nSPS) is 12.1. The van der Waals surface area contributed by atoms with E-state index < -0.39 is 11.2 Å². The fourth-order valence-electron chi connectivity index (χ4n) is 3.11. The predicted molar refractivity (Wildman–Crippen MR) is 112 cm³/mol. The summed E-state index contributed by atoms with van der Waals surface area (Å²) in [5.41, 5.74) is 4.75. The molecule has 8 heteroatoms. The van der Waals surface area contributed by atoms with Crippen LogP contribution < -0.4 is 16.7 Å². The summed E-state index contributed by atoms with van der Waals surface area (Å²) >= 11 is 0. The third-order valence-electron chi connectivity index (χ3n) is 4.44. The van der Waals surface area contributed by atoms with E-state index >= 15 is 0 Å². The van der Waals surface area contributed by atoms with Crippen LogP contribution in [0, 0.1) is 5.92 Å². The first kappa shape index (κ1) is 19.6. The van der Waals surface area contributed by atoms with Gasteiger partial charge in [0.2, 0.25) is 5.95 Å². The summed E-state index contributed by atoms with van der Waals surface area (Å²) in [6.45, 7) is 6.79. The van der Waals surface area contributed by atoms with E-state index in [9.17, 15) is 9.59 Å². The number of benzene rings is 1. The highest BCUT2D eigenvalue weighted by Crippen LogP contribution is 2.18. The molecule has 0 radical (unpaired) electrons. The average Bonchev–Trinajstić information content (AvgIpc) is 3.02. The Labute approximate surface area is 162 Å². The molecule has 0 unspecified atom stereocenters. The number of fused-ring (bicyclic) bond motifs is 1. The van der Waals surface area contributed by atoms with Gasteiger partial charge in [-0.2, -0.15) is 10.1 Å². The zero-order chi connectivity index (χ0) is 20.3. The number of hydrogen-bond acceptors (Lipinski definition) is 5. The Kier molecular flexibility index (Phi) is 5.77. The van der Waals surface area contributed by atoms with E-state index in [2.05, 4.69) is 41.3 Å². The Morgan fingerprint density at radius 2 is 1.96 bits per heavy atom. The van der Waals surface area contributed by atoms with Crippen LogP contribution >= 0.6 is 0 Å². The van der Waals surface area contributed by atoms with Crippen LogP contribution in [0.2, 0.25) is 0 Å². The second kappa shape index (κ2) is 8.24. The monoisotopic (exact) mass is 382 g/mol. The molecular weight excluding hydrogens is 356 g/mol. The highest BCUT2D eigenvalue weighted by atomic mass is 16.2. The first-order valence-electron chi connectivity index (χ1n) is 9.49. The van der Waals surface area contributed by atoms with E-state index in [0.29, 0.717) is 23.7 Å². The number of nitrogens with one attached hydrogen (secondary N) is 2. The fraction of sp³-hybridized carbons (Fsp3) is 0.400. The lowest BCUT2D eigenvalue weighted by atomic mass is 10.1.